The van der Waals surface area contributed by atoms with Gasteiger partial charge in [-0.2, -0.15) is 0 Å². The lowest BCUT2D eigenvalue weighted by atomic mass is 10.1. The molecule has 0 bridgehead atoms. The van der Waals surface area contributed by atoms with Gasteiger partial charge in [-0.15, -0.1) is 0 Å². The predicted octanol–water partition coefficient (Wildman–Crippen LogP) is 3.57. The predicted molar refractivity (Wildman–Crippen MR) is 106 cm³/mol. The summed E-state index contributed by atoms with van der Waals surface area (Å²) in [4.78, 5) is 17.0. The van der Waals surface area contributed by atoms with Crippen molar-refractivity contribution in [3.63, 3.8) is 0 Å². The van der Waals surface area contributed by atoms with Crippen molar-refractivity contribution in [1.29, 1.82) is 0 Å². The highest BCUT2D eigenvalue weighted by atomic mass is 32.2. The molecule has 3 aromatic rings. The number of benzene rings is 2. The SMILES string of the molecule is CCCCNS(=O)(=O)c1ccc(C(=O)Nc2cccc3cccnc23)cc1. The first-order valence-electron chi connectivity index (χ1n) is 8.76. The number of amides is 1. The Morgan fingerprint density at radius 3 is 2.52 bits per heavy atom. The Hall–Kier alpha value is -2.77. The van der Waals surface area contributed by atoms with E-state index in [1.165, 1.54) is 24.3 Å². The third-order valence-corrected chi connectivity index (χ3v) is 5.61. The quantitative estimate of drug-likeness (QED) is 0.611. The van der Waals surface area contributed by atoms with Crippen LogP contribution in [0.1, 0.15) is 30.1 Å². The van der Waals surface area contributed by atoms with Crippen LogP contribution in [0, 0.1) is 0 Å². The van der Waals surface area contributed by atoms with E-state index in [1.54, 1.807) is 12.3 Å². The fourth-order valence-electron chi connectivity index (χ4n) is 2.65. The molecule has 0 unspecified atom stereocenters. The minimum Gasteiger partial charge on any atom is -0.320 e. The largest absolute Gasteiger partial charge is 0.320 e. The van der Waals surface area contributed by atoms with Crippen molar-refractivity contribution < 1.29 is 13.2 Å². The summed E-state index contributed by atoms with van der Waals surface area (Å²) in [6.07, 6.45) is 3.35. The van der Waals surface area contributed by atoms with Gasteiger partial charge in [-0.25, -0.2) is 13.1 Å². The average Bonchev–Trinajstić information content (AvgIpc) is 2.68. The van der Waals surface area contributed by atoms with Crippen molar-refractivity contribution in [3.8, 4) is 0 Å². The van der Waals surface area contributed by atoms with Gasteiger partial charge in [0.05, 0.1) is 16.1 Å². The number of hydrogen-bond acceptors (Lipinski definition) is 4. The first-order chi connectivity index (χ1) is 13.0. The van der Waals surface area contributed by atoms with E-state index in [9.17, 15) is 13.2 Å². The lowest BCUT2D eigenvalue weighted by molar-refractivity contribution is 0.102. The third-order valence-electron chi connectivity index (χ3n) is 4.13. The summed E-state index contributed by atoms with van der Waals surface area (Å²) >= 11 is 0. The first-order valence-corrected chi connectivity index (χ1v) is 10.2. The van der Waals surface area contributed by atoms with Gasteiger partial charge < -0.3 is 5.32 Å². The van der Waals surface area contributed by atoms with E-state index in [1.807, 2.05) is 31.2 Å². The molecule has 1 heterocycles. The molecular weight excluding hydrogens is 362 g/mol. The van der Waals surface area contributed by atoms with Crippen LogP contribution in [0.25, 0.3) is 10.9 Å². The van der Waals surface area contributed by atoms with Crippen LogP contribution in [0.15, 0.2) is 65.7 Å². The van der Waals surface area contributed by atoms with Crippen LogP contribution < -0.4 is 10.0 Å². The number of rotatable bonds is 7. The Labute approximate surface area is 158 Å². The van der Waals surface area contributed by atoms with Crippen molar-refractivity contribution in [2.45, 2.75) is 24.7 Å². The summed E-state index contributed by atoms with van der Waals surface area (Å²) in [6, 6.07) is 15.2. The highest BCUT2D eigenvalue weighted by molar-refractivity contribution is 7.89. The zero-order valence-corrected chi connectivity index (χ0v) is 15.8. The molecule has 1 amide bonds. The van der Waals surface area contributed by atoms with E-state index in [0.29, 0.717) is 23.3 Å². The van der Waals surface area contributed by atoms with E-state index in [4.69, 9.17) is 0 Å². The van der Waals surface area contributed by atoms with Gasteiger partial charge in [0, 0.05) is 23.7 Å². The van der Waals surface area contributed by atoms with Crippen molar-refractivity contribution >= 4 is 32.5 Å². The van der Waals surface area contributed by atoms with Gasteiger partial charge in [-0.1, -0.05) is 31.5 Å². The Kier molecular flexibility index (Phi) is 5.83. The zero-order chi connectivity index (χ0) is 19.3. The van der Waals surface area contributed by atoms with Crippen molar-refractivity contribution in [3.05, 3.63) is 66.4 Å². The lowest BCUT2D eigenvalue weighted by Gasteiger charge is -2.09. The van der Waals surface area contributed by atoms with Crippen LogP contribution in [0.2, 0.25) is 0 Å². The number of pyridine rings is 1. The minimum atomic E-state index is -3.55. The summed E-state index contributed by atoms with van der Waals surface area (Å²) in [5, 5.41) is 3.76. The second kappa shape index (κ2) is 8.28. The summed E-state index contributed by atoms with van der Waals surface area (Å²) in [5.74, 6) is -0.323. The summed E-state index contributed by atoms with van der Waals surface area (Å²) in [7, 11) is -3.55. The lowest BCUT2D eigenvalue weighted by Crippen LogP contribution is -2.24. The van der Waals surface area contributed by atoms with E-state index in [2.05, 4.69) is 15.0 Å². The van der Waals surface area contributed by atoms with Gasteiger partial charge in [-0.05, 0) is 42.8 Å². The Balaban J connectivity index is 1.76. The fourth-order valence-corrected chi connectivity index (χ4v) is 3.73. The zero-order valence-electron chi connectivity index (χ0n) is 15.0. The first kappa shape index (κ1) is 19.0. The molecule has 3 rings (SSSR count). The molecule has 2 aromatic carbocycles. The van der Waals surface area contributed by atoms with Crippen molar-refractivity contribution in [1.82, 2.24) is 9.71 Å². The third kappa shape index (κ3) is 4.50. The number of carbonyl (C=O) groups is 1. The normalized spacial score (nSPS) is 11.4. The number of hydrogen-bond donors (Lipinski definition) is 2. The maximum Gasteiger partial charge on any atom is 0.255 e. The topological polar surface area (TPSA) is 88.2 Å². The molecule has 1 aromatic heterocycles. The van der Waals surface area contributed by atoms with Crippen LogP contribution in [0.3, 0.4) is 0 Å². The number of para-hydroxylation sites is 1. The van der Waals surface area contributed by atoms with Crippen LogP contribution in [-0.4, -0.2) is 25.9 Å². The maximum atomic E-state index is 12.5. The van der Waals surface area contributed by atoms with Crippen LogP contribution in [0.4, 0.5) is 5.69 Å². The van der Waals surface area contributed by atoms with Gasteiger partial charge in [0.25, 0.3) is 5.91 Å². The molecule has 0 radical (unpaired) electrons. The van der Waals surface area contributed by atoms with Crippen molar-refractivity contribution in [2.24, 2.45) is 0 Å². The fraction of sp³-hybridized carbons (Fsp3) is 0.200. The van der Waals surface area contributed by atoms with E-state index >= 15 is 0 Å². The van der Waals surface area contributed by atoms with Gasteiger partial charge in [0.15, 0.2) is 0 Å². The van der Waals surface area contributed by atoms with Crippen LogP contribution in [0.5, 0.6) is 0 Å². The number of aromatic nitrogens is 1. The van der Waals surface area contributed by atoms with Gasteiger partial charge in [-0.3, -0.25) is 9.78 Å². The molecule has 0 aliphatic heterocycles. The molecule has 0 aliphatic carbocycles. The molecule has 0 saturated heterocycles. The second-order valence-corrected chi connectivity index (χ2v) is 7.88. The number of fused-ring (bicyclic) bond motifs is 1. The van der Waals surface area contributed by atoms with E-state index in [0.717, 1.165) is 18.2 Å². The Morgan fingerprint density at radius 1 is 1.04 bits per heavy atom. The minimum absolute atomic E-state index is 0.141. The average molecular weight is 383 g/mol. The molecule has 0 fully saturated rings. The van der Waals surface area contributed by atoms with E-state index in [-0.39, 0.29) is 10.8 Å². The molecule has 0 atom stereocenters. The van der Waals surface area contributed by atoms with Gasteiger partial charge in [0.1, 0.15) is 0 Å². The smallest absolute Gasteiger partial charge is 0.255 e. The second-order valence-electron chi connectivity index (χ2n) is 6.11. The number of sulfonamides is 1. The number of nitrogens with one attached hydrogen (secondary N) is 2. The summed E-state index contributed by atoms with van der Waals surface area (Å²) < 4.78 is 27.0. The maximum absolute atomic E-state index is 12.5. The summed E-state index contributed by atoms with van der Waals surface area (Å²) in [6.45, 7) is 2.39. The molecule has 2 N–H and O–H groups in total. The number of unbranched alkanes of at least 4 members (excludes halogenated alkanes) is 1. The van der Waals surface area contributed by atoms with Crippen LogP contribution >= 0.6 is 0 Å². The molecule has 6 nitrogen and oxygen atoms in total. The molecule has 27 heavy (non-hydrogen) atoms. The van der Waals surface area contributed by atoms with Gasteiger partial charge in [0.2, 0.25) is 10.0 Å². The summed E-state index contributed by atoms with van der Waals surface area (Å²) in [5.41, 5.74) is 1.68. The number of carbonyl (C=O) groups excluding carboxylic acids is 1. The molecule has 140 valence electrons. The molecular formula is C20H21N3O3S. The van der Waals surface area contributed by atoms with Crippen LogP contribution in [-0.2, 0) is 10.0 Å². The highest BCUT2D eigenvalue weighted by Crippen LogP contribution is 2.21. The van der Waals surface area contributed by atoms with Gasteiger partial charge >= 0.3 is 0 Å². The molecule has 7 heteroatoms. The Bertz CT molecular complexity index is 1040. The molecule has 0 spiro atoms. The van der Waals surface area contributed by atoms with E-state index < -0.39 is 10.0 Å². The number of anilines is 1. The van der Waals surface area contributed by atoms with Crippen molar-refractivity contribution in [2.75, 3.05) is 11.9 Å². The highest BCUT2D eigenvalue weighted by Gasteiger charge is 2.15. The molecule has 0 aliphatic rings. The monoisotopic (exact) mass is 383 g/mol. The number of nitrogens with zero attached hydrogens (tertiary/aromatic N) is 1. The molecule has 0 saturated carbocycles. The Morgan fingerprint density at radius 2 is 1.78 bits per heavy atom. The standard InChI is InChI=1S/C20H21N3O3S/c1-2-3-14-22-27(25,26)17-11-9-16(10-12-17)20(24)23-18-8-4-6-15-7-5-13-21-19(15)18/h4-13,22H,2-3,14H2,1H3,(H,23,24).